The molecule has 0 amide bonds. The number of nitrogens with one attached hydrogen (secondary N) is 1. The highest BCUT2D eigenvalue weighted by atomic mass is 32.2. The van der Waals surface area contributed by atoms with E-state index in [4.69, 9.17) is 14.9 Å². The second-order valence-electron chi connectivity index (χ2n) is 5.75. The van der Waals surface area contributed by atoms with Gasteiger partial charge < -0.3 is 10.1 Å². The van der Waals surface area contributed by atoms with E-state index < -0.39 is 0 Å². The molecule has 0 atom stereocenters. The van der Waals surface area contributed by atoms with Gasteiger partial charge in [0.15, 0.2) is 5.13 Å². The Kier molecular flexibility index (Phi) is 5.63. The molecule has 0 saturated heterocycles. The smallest absolute Gasteiger partial charge is 0.187 e. The summed E-state index contributed by atoms with van der Waals surface area (Å²) in [5.41, 5.74) is 2.83. The highest BCUT2D eigenvalue weighted by Crippen LogP contribution is 2.36. The fraction of sp³-hybridized carbons (Fsp3) is 0.294. The zero-order valence-corrected chi connectivity index (χ0v) is 16.9. The minimum atomic E-state index is 0.0894. The number of aryl methyl sites for hydroxylation is 2. The average molecular weight is 393 g/mol. The summed E-state index contributed by atoms with van der Waals surface area (Å²) >= 11 is 4.44. The monoisotopic (exact) mass is 392 g/mol. The quantitative estimate of drug-likeness (QED) is 0.549. The standard InChI is InChI=1S/C17H20N4OS3/c1-9(2)22-15-6-5-12(25-18)7-13(15)20-17-21-14(8-23-17)16-10(3)19-11(4)24-16/h5-9H,18H2,1-4H3,(H,20,21). The van der Waals surface area contributed by atoms with Crippen LogP contribution in [0.1, 0.15) is 24.5 Å². The molecule has 2 aromatic heterocycles. The Morgan fingerprint density at radius 1 is 1.24 bits per heavy atom. The lowest BCUT2D eigenvalue weighted by Gasteiger charge is -2.15. The molecule has 1 aromatic carbocycles. The average Bonchev–Trinajstić information content (AvgIpc) is 3.14. The predicted octanol–water partition coefficient (Wildman–Crippen LogP) is 5.38. The van der Waals surface area contributed by atoms with Crippen molar-refractivity contribution in [3.8, 4) is 16.3 Å². The molecule has 25 heavy (non-hydrogen) atoms. The molecular formula is C17H20N4OS3. The fourth-order valence-corrected chi connectivity index (χ4v) is 4.36. The molecule has 0 fully saturated rings. The highest BCUT2D eigenvalue weighted by Gasteiger charge is 2.13. The molecule has 0 aliphatic rings. The summed E-state index contributed by atoms with van der Waals surface area (Å²) in [7, 11) is 0. The summed E-state index contributed by atoms with van der Waals surface area (Å²) in [6, 6.07) is 5.86. The van der Waals surface area contributed by atoms with Gasteiger partial charge in [-0.15, -0.1) is 22.7 Å². The molecule has 3 aromatic rings. The minimum Gasteiger partial charge on any atom is -0.489 e. The van der Waals surface area contributed by atoms with E-state index in [0.29, 0.717) is 0 Å². The van der Waals surface area contributed by atoms with E-state index in [-0.39, 0.29) is 6.10 Å². The first-order chi connectivity index (χ1) is 12.0. The van der Waals surface area contributed by atoms with Gasteiger partial charge in [0.1, 0.15) is 5.75 Å². The third-order valence-electron chi connectivity index (χ3n) is 3.33. The van der Waals surface area contributed by atoms with E-state index in [9.17, 15) is 0 Å². The maximum absolute atomic E-state index is 5.89. The molecule has 3 rings (SSSR count). The van der Waals surface area contributed by atoms with Crippen molar-refractivity contribution < 1.29 is 4.74 Å². The number of hydrogen-bond donors (Lipinski definition) is 2. The molecule has 8 heteroatoms. The van der Waals surface area contributed by atoms with Gasteiger partial charge in [0.25, 0.3) is 0 Å². The van der Waals surface area contributed by atoms with Crippen molar-refractivity contribution in [1.29, 1.82) is 0 Å². The Morgan fingerprint density at radius 2 is 2.04 bits per heavy atom. The lowest BCUT2D eigenvalue weighted by molar-refractivity contribution is 0.243. The second-order valence-corrected chi connectivity index (χ2v) is 8.52. The van der Waals surface area contributed by atoms with Gasteiger partial charge in [-0.1, -0.05) is 0 Å². The Morgan fingerprint density at radius 3 is 2.68 bits per heavy atom. The number of anilines is 2. The van der Waals surface area contributed by atoms with Crippen molar-refractivity contribution in [2.75, 3.05) is 5.32 Å². The van der Waals surface area contributed by atoms with E-state index in [1.54, 1.807) is 22.7 Å². The Hall–Kier alpha value is -1.61. The van der Waals surface area contributed by atoms with E-state index in [0.717, 1.165) is 42.7 Å². The molecule has 0 saturated carbocycles. The van der Waals surface area contributed by atoms with Gasteiger partial charge in [0.2, 0.25) is 0 Å². The number of thiazole rings is 2. The molecule has 3 N–H and O–H groups in total. The van der Waals surface area contributed by atoms with Crippen LogP contribution in [0.25, 0.3) is 10.6 Å². The summed E-state index contributed by atoms with van der Waals surface area (Å²) in [5.74, 6) is 0.786. The second kappa shape index (κ2) is 7.74. The number of nitrogens with zero attached hydrogens (tertiary/aromatic N) is 2. The van der Waals surface area contributed by atoms with Gasteiger partial charge in [-0.2, -0.15) is 0 Å². The molecule has 0 bridgehead atoms. The lowest BCUT2D eigenvalue weighted by atomic mass is 10.3. The Labute approximate surface area is 159 Å². The number of benzene rings is 1. The molecule has 0 aliphatic carbocycles. The van der Waals surface area contributed by atoms with Crippen molar-refractivity contribution in [2.24, 2.45) is 5.14 Å². The maximum Gasteiger partial charge on any atom is 0.187 e. The van der Waals surface area contributed by atoms with Crippen molar-refractivity contribution in [3.05, 3.63) is 34.3 Å². The third-order valence-corrected chi connectivity index (χ3v) is 5.71. The summed E-state index contributed by atoms with van der Waals surface area (Å²) in [5, 5.41) is 13.0. The Balaban J connectivity index is 1.88. The van der Waals surface area contributed by atoms with E-state index >= 15 is 0 Å². The molecule has 0 spiro atoms. The first-order valence-corrected chi connectivity index (χ1v) is 10.4. The van der Waals surface area contributed by atoms with Crippen LogP contribution < -0.4 is 15.2 Å². The van der Waals surface area contributed by atoms with Crippen molar-refractivity contribution in [3.63, 3.8) is 0 Å². The minimum absolute atomic E-state index is 0.0894. The zero-order chi connectivity index (χ0) is 18.0. The normalized spacial score (nSPS) is 11.1. The first-order valence-electron chi connectivity index (χ1n) is 7.80. The zero-order valence-electron chi connectivity index (χ0n) is 14.5. The SMILES string of the molecule is Cc1nc(C)c(-c2csc(Nc3cc(SN)ccc3OC(C)C)n2)s1. The number of nitrogens with two attached hydrogens (primary N) is 1. The van der Waals surface area contributed by atoms with E-state index in [1.165, 1.54) is 11.9 Å². The molecule has 0 aliphatic heterocycles. The van der Waals surface area contributed by atoms with Gasteiger partial charge in [0.05, 0.1) is 33.1 Å². The fourth-order valence-electron chi connectivity index (χ4n) is 2.36. The molecule has 132 valence electrons. The van der Waals surface area contributed by atoms with Crippen LogP contribution in [0.2, 0.25) is 0 Å². The van der Waals surface area contributed by atoms with Crippen molar-refractivity contribution in [2.45, 2.75) is 38.7 Å². The Bertz CT molecular complexity index is 873. The van der Waals surface area contributed by atoms with Crippen LogP contribution in [-0.2, 0) is 0 Å². The van der Waals surface area contributed by atoms with Gasteiger partial charge in [-0.25, -0.2) is 9.97 Å². The summed E-state index contributed by atoms with van der Waals surface area (Å²) < 4.78 is 5.89. The van der Waals surface area contributed by atoms with Crippen LogP contribution in [0.5, 0.6) is 5.75 Å². The number of rotatable bonds is 6. The number of ether oxygens (including phenoxy) is 1. The molecular weight excluding hydrogens is 372 g/mol. The topological polar surface area (TPSA) is 73.1 Å². The van der Waals surface area contributed by atoms with Crippen molar-refractivity contribution in [1.82, 2.24) is 9.97 Å². The molecule has 0 radical (unpaired) electrons. The van der Waals surface area contributed by atoms with E-state index in [1.807, 2.05) is 51.3 Å². The van der Waals surface area contributed by atoms with Crippen molar-refractivity contribution >= 4 is 45.4 Å². The molecule has 0 unspecified atom stereocenters. The van der Waals surface area contributed by atoms with Crippen LogP contribution in [0, 0.1) is 13.8 Å². The lowest BCUT2D eigenvalue weighted by Crippen LogP contribution is -2.07. The largest absolute Gasteiger partial charge is 0.489 e. The van der Waals surface area contributed by atoms with E-state index in [2.05, 4.69) is 10.3 Å². The van der Waals surface area contributed by atoms with Crippen LogP contribution in [0.3, 0.4) is 0 Å². The van der Waals surface area contributed by atoms with Gasteiger partial charge in [0, 0.05) is 10.3 Å². The molecule has 5 nitrogen and oxygen atoms in total. The highest BCUT2D eigenvalue weighted by molar-refractivity contribution is 7.97. The first kappa shape index (κ1) is 18.2. The van der Waals surface area contributed by atoms with Gasteiger partial charge in [-0.05, 0) is 57.8 Å². The van der Waals surface area contributed by atoms with Crippen LogP contribution >= 0.6 is 34.6 Å². The summed E-state index contributed by atoms with van der Waals surface area (Å²) in [6.07, 6.45) is 0.0894. The maximum atomic E-state index is 5.89. The summed E-state index contributed by atoms with van der Waals surface area (Å²) in [6.45, 7) is 8.04. The number of hydrogen-bond acceptors (Lipinski definition) is 8. The third kappa shape index (κ3) is 4.33. The molecule has 2 heterocycles. The number of aromatic nitrogens is 2. The van der Waals surface area contributed by atoms with Crippen LogP contribution in [0.4, 0.5) is 10.8 Å². The van der Waals surface area contributed by atoms with Gasteiger partial charge in [-0.3, -0.25) is 5.14 Å². The van der Waals surface area contributed by atoms with Gasteiger partial charge >= 0.3 is 0 Å². The van der Waals surface area contributed by atoms with Crippen LogP contribution in [-0.4, -0.2) is 16.1 Å². The summed E-state index contributed by atoms with van der Waals surface area (Å²) in [4.78, 5) is 11.3. The van der Waals surface area contributed by atoms with Crippen LogP contribution in [0.15, 0.2) is 28.5 Å². The predicted molar refractivity (Wildman–Crippen MR) is 108 cm³/mol.